The van der Waals surface area contributed by atoms with Gasteiger partial charge in [0.05, 0.1) is 24.1 Å². The molecule has 0 unspecified atom stereocenters. The summed E-state index contributed by atoms with van der Waals surface area (Å²) in [4.78, 5) is 27.9. The number of furan rings is 1. The van der Waals surface area contributed by atoms with Gasteiger partial charge >= 0.3 is 5.97 Å². The Hall–Kier alpha value is -2.34. The van der Waals surface area contributed by atoms with Gasteiger partial charge in [-0.15, -0.1) is 0 Å². The van der Waals surface area contributed by atoms with E-state index in [2.05, 4.69) is 4.98 Å². The highest BCUT2D eigenvalue weighted by atomic mass is 16.5. The van der Waals surface area contributed by atoms with Crippen LogP contribution in [0.15, 0.2) is 22.8 Å². The molecule has 0 aromatic carbocycles. The Morgan fingerprint density at radius 3 is 2.62 bits per heavy atom. The predicted molar refractivity (Wildman–Crippen MR) is 89.1 cm³/mol. The maximum absolute atomic E-state index is 12.8. The van der Waals surface area contributed by atoms with Crippen molar-refractivity contribution in [3.05, 3.63) is 46.7 Å². The third-order valence-corrected chi connectivity index (χ3v) is 4.15. The second-order valence-electron chi connectivity index (χ2n) is 5.99. The zero-order chi connectivity index (χ0) is 17.9. The van der Waals surface area contributed by atoms with Gasteiger partial charge in [-0.25, -0.2) is 4.79 Å². The summed E-state index contributed by atoms with van der Waals surface area (Å²) >= 11 is 0. The van der Waals surface area contributed by atoms with Crippen molar-refractivity contribution in [2.24, 2.45) is 0 Å². The van der Waals surface area contributed by atoms with Gasteiger partial charge in [-0.05, 0) is 52.3 Å². The molecule has 2 rings (SSSR count). The fourth-order valence-corrected chi connectivity index (χ4v) is 2.90. The summed E-state index contributed by atoms with van der Waals surface area (Å²) in [6.45, 7) is 9.44. The average Bonchev–Trinajstić information content (AvgIpc) is 3.15. The molecule has 0 aliphatic rings. The van der Waals surface area contributed by atoms with Gasteiger partial charge in [0.15, 0.2) is 5.76 Å². The summed E-state index contributed by atoms with van der Waals surface area (Å²) in [6.07, 6.45) is 1.62. The van der Waals surface area contributed by atoms with Crippen molar-refractivity contribution in [1.82, 2.24) is 4.98 Å². The summed E-state index contributed by atoms with van der Waals surface area (Å²) in [6, 6.07) is 3.44. The Balaban J connectivity index is 2.17. The van der Waals surface area contributed by atoms with Gasteiger partial charge < -0.3 is 19.5 Å². The van der Waals surface area contributed by atoms with E-state index in [-0.39, 0.29) is 17.9 Å². The van der Waals surface area contributed by atoms with Crippen LogP contribution in [0.25, 0.3) is 0 Å². The summed E-state index contributed by atoms with van der Waals surface area (Å²) < 4.78 is 10.4. The molecule has 0 saturated heterocycles. The van der Waals surface area contributed by atoms with Crippen LogP contribution in [0.4, 0.5) is 0 Å². The van der Waals surface area contributed by atoms with Gasteiger partial charge in [0.1, 0.15) is 12.1 Å². The number of esters is 1. The second kappa shape index (κ2) is 7.49. The molecule has 0 spiro atoms. The second-order valence-corrected chi connectivity index (χ2v) is 5.99. The highest BCUT2D eigenvalue weighted by Crippen LogP contribution is 2.20. The quantitative estimate of drug-likeness (QED) is 0.601. The molecule has 0 radical (unpaired) electrons. The van der Waals surface area contributed by atoms with Crippen molar-refractivity contribution in [1.29, 1.82) is 0 Å². The molecule has 0 amide bonds. The van der Waals surface area contributed by atoms with E-state index in [1.165, 1.54) is 0 Å². The first kappa shape index (κ1) is 18.0. The molecule has 6 heteroatoms. The molecule has 2 aromatic heterocycles. The SMILES string of the molecule is CCOC(=O)c1c(C)[nH]c(C(=O)[C@@H](C)[NH2+][C@H](C)c2ccco2)c1C. The number of aromatic nitrogens is 1. The summed E-state index contributed by atoms with van der Waals surface area (Å²) in [7, 11) is 0. The maximum atomic E-state index is 12.8. The molecule has 0 bridgehead atoms. The van der Waals surface area contributed by atoms with E-state index in [4.69, 9.17) is 9.15 Å². The third-order valence-electron chi connectivity index (χ3n) is 4.15. The number of nitrogens with two attached hydrogens (primary N) is 1. The average molecular weight is 333 g/mol. The lowest BCUT2D eigenvalue weighted by Crippen LogP contribution is -2.91. The van der Waals surface area contributed by atoms with E-state index in [0.717, 1.165) is 5.76 Å². The zero-order valence-corrected chi connectivity index (χ0v) is 14.8. The third kappa shape index (κ3) is 3.59. The molecule has 2 heterocycles. The van der Waals surface area contributed by atoms with Crippen molar-refractivity contribution < 1.29 is 24.1 Å². The summed E-state index contributed by atoms with van der Waals surface area (Å²) in [5, 5.41) is 1.95. The first-order valence-electron chi connectivity index (χ1n) is 8.15. The molecule has 0 fully saturated rings. The van der Waals surface area contributed by atoms with Gasteiger partial charge in [-0.2, -0.15) is 0 Å². The molecule has 0 aliphatic carbocycles. The van der Waals surface area contributed by atoms with E-state index >= 15 is 0 Å². The minimum absolute atomic E-state index is 0.0276. The molecule has 130 valence electrons. The molecular formula is C18H25N2O4+. The highest BCUT2D eigenvalue weighted by Gasteiger charge is 2.28. The molecule has 0 aliphatic heterocycles. The number of rotatable bonds is 7. The smallest absolute Gasteiger partial charge is 0.340 e. The molecule has 2 atom stereocenters. The van der Waals surface area contributed by atoms with Crippen LogP contribution in [0.2, 0.25) is 0 Å². The number of nitrogens with one attached hydrogen (secondary N) is 1. The number of aromatic amines is 1. The topological polar surface area (TPSA) is 88.9 Å². The molecule has 6 nitrogen and oxygen atoms in total. The van der Waals surface area contributed by atoms with Crippen molar-refractivity contribution in [3.8, 4) is 0 Å². The molecular weight excluding hydrogens is 308 g/mol. The summed E-state index contributed by atoms with van der Waals surface area (Å²) in [5.74, 6) is 0.370. The number of Topliss-reactive ketones (excluding diaryl/α,β-unsaturated/α-hetero) is 1. The monoisotopic (exact) mass is 333 g/mol. The number of H-pyrrole nitrogens is 1. The Bertz CT molecular complexity index is 716. The van der Waals surface area contributed by atoms with Crippen LogP contribution < -0.4 is 5.32 Å². The minimum Gasteiger partial charge on any atom is -0.463 e. The van der Waals surface area contributed by atoms with Gasteiger partial charge in [-0.1, -0.05) is 0 Å². The van der Waals surface area contributed by atoms with E-state index in [1.54, 1.807) is 27.0 Å². The van der Waals surface area contributed by atoms with Crippen LogP contribution >= 0.6 is 0 Å². The van der Waals surface area contributed by atoms with Crippen molar-refractivity contribution in [2.75, 3.05) is 6.61 Å². The fraction of sp³-hybridized carbons (Fsp3) is 0.444. The highest BCUT2D eigenvalue weighted by molar-refractivity contribution is 6.03. The number of carbonyl (C=O) groups is 2. The lowest BCUT2D eigenvalue weighted by atomic mass is 10.0. The van der Waals surface area contributed by atoms with Gasteiger partial charge in [0.2, 0.25) is 5.78 Å². The van der Waals surface area contributed by atoms with Crippen LogP contribution in [-0.4, -0.2) is 29.4 Å². The number of ether oxygens (including phenoxy) is 1. The number of carbonyl (C=O) groups excluding carboxylic acids is 2. The first-order valence-corrected chi connectivity index (χ1v) is 8.15. The fourth-order valence-electron chi connectivity index (χ4n) is 2.90. The van der Waals surface area contributed by atoms with Gasteiger partial charge in [-0.3, -0.25) is 4.79 Å². The van der Waals surface area contributed by atoms with Crippen molar-refractivity contribution in [2.45, 2.75) is 46.7 Å². The lowest BCUT2D eigenvalue weighted by Gasteiger charge is -2.14. The van der Waals surface area contributed by atoms with Crippen LogP contribution in [0.3, 0.4) is 0 Å². The Labute approximate surface area is 141 Å². The summed E-state index contributed by atoms with van der Waals surface area (Å²) in [5.41, 5.74) is 2.21. The van der Waals surface area contributed by atoms with E-state index in [0.29, 0.717) is 29.1 Å². The first-order chi connectivity index (χ1) is 11.4. The maximum Gasteiger partial charge on any atom is 0.340 e. The Morgan fingerprint density at radius 2 is 2.04 bits per heavy atom. The Kier molecular flexibility index (Phi) is 5.62. The van der Waals surface area contributed by atoms with Crippen LogP contribution in [0, 0.1) is 13.8 Å². The minimum atomic E-state index is -0.400. The number of quaternary nitrogens is 1. The zero-order valence-electron chi connectivity index (χ0n) is 14.8. The molecule has 24 heavy (non-hydrogen) atoms. The van der Waals surface area contributed by atoms with Crippen LogP contribution in [-0.2, 0) is 4.74 Å². The van der Waals surface area contributed by atoms with Crippen molar-refractivity contribution in [3.63, 3.8) is 0 Å². The number of hydrogen-bond acceptors (Lipinski definition) is 4. The van der Waals surface area contributed by atoms with Gasteiger partial charge in [0.25, 0.3) is 0 Å². The standard InChI is InChI=1S/C18H24N2O4/c1-6-23-18(22)15-10(2)16(20-12(15)4)17(21)13(5)19-11(3)14-8-7-9-24-14/h7-9,11,13,19-20H,6H2,1-5H3/p+1/t11-,13-/m1/s1. The van der Waals surface area contributed by atoms with E-state index < -0.39 is 5.97 Å². The van der Waals surface area contributed by atoms with Crippen LogP contribution in [0.5, 0.6) is 0 Å². The van der Waals surface area contributed by atoms with Gasteiger partial charge in [0, 0.05) is 5.69 Å². The molecule has 0 saturated carbocycles. The van der Waals surface area contributed by atoms with E-state index in [1.807, 2.05) is 31.3 Å². The molecule has 3 N–H and O–H groups in total. The lowest BCUT2D eigenvalue weighted by molar-refractivity contribution is -0.710. The normalized spacial score (nSPS) is 13.5. The predicted octanol–water partition coefficient (Wildman–Crippen LogP) is 2.30. The van der Waals surface area contributed by atoms with E-state index in [9.17, 15) is 9.59 Å². The number of aryl methyl sites for hydroxylation is 1. The van der Waals surface area contributed by atoms with Crippen molar-refractivity contribution >= 4 is 11.8 Å². The Morgan fingerprint density at radius 1 is 1.33 bits per heavy atom. The van der Waals surface area contributed by atoms with Crippen LogP contribution in [0.1, 0.15) is 64.7 Å². The largest absolute Gasteiger partial charge is 0.463 e. The number of hydrogen-bond donors (Lipinski definition) is 2. The molecule has 2 aromatic rings. The number of ketones is 1.